The summed E-state index contributed by atoms with van der Waals surface area (Å²) < 4.78 is 0. The van der Waals surface area contributed by atoms with Crippen LogP contribution in [-0.2, 0) is 32.3 Å². The average molecular weight is 443 g/mol. The minimum atomic E-state index is -0.790. The summed E-state index contributed by atoms with van der Waals surface area (Å²) in [6.45, 7) is 6.06. The molecular formula is C23H30N4O5. The topological polar surface area (TPSA) is 110 Å². The number of ketones is 1. The summed E-state index contributed by atoms with van der Waals surface area (Å²) in [7, 11) is 0. The third-order valence-electron chi connectivity index (χ3n) is 6.69. The van der Waals surface area contributed by atoms with Gasteiger partial charge in [0.25, 0.3) is 0 Å². The lowest BCUT2D eigenvalue weighted by Crippen LogP contribution is -2.52. The Morgan fingerprint density at radius 1 is 1.16 bits per heavy atom. The SMILES string of the molecule is O=CC(=O)C1c2cc(CN3CCN(CCCO)CC3)ccc2CN1C1CCC(=O)NC1=O. The highest BCUT2D eigenvalue weighted by atomic mass is 16.3. The smallest absolute Gasteiger partial charge is 0.243 e. The van der Waals surface area contributed by atoms with Crippen LogP contribution in [0.3, 0.4) is 0 Å². The number of aldehydes is 1. The van der Waals surface area contributed by atoms with E-state index in [1.54, 1.807) is 4.90 Å². The van der Waals surface area contributed by atoms with Crippen LogP contribution >= 0.6 is 0 Å². The fourth-order valence-corrected chi connectivity index (χ4v) is 5.00. The summed E-state index contributed by atoms with van der Waals surface area (Å²) in [4.78, 5) is 54.4. The number of nitrogens with one attached hydrogen (secondary N) is 1. The lowest BCUT2D eigenvalue weighted by Gasteiger charge is -2.34. The van der Waals surface area contributed by atoms with Gasteiger partial charge in [-0.2, -0.15) is 0 Å². The van der Waals surface area contributed by atoms with Crippen LogP contribution in [0.25, 0.3) is 0 Å². The van der Waals surface area contributed by atoms with Gasteiger partial charge in [-0.05, 0) is 29.5 Å². The molecular weight excluding hydrogens is 412 g/mol. The minimum absolute atomic E-state index is 0.214. The van der Waals surface area contributed by atoms with Crippen molar-refractivity contribution < 1.29 is 24.3 Å². The van der Waals surface area contributed by atoms with Crippen molar-refractivity contribution in [2.75, 3.05) is 39.3 Å². The molecule has 32 heavy (non-hydrogen) atoms. The Morgan fingerprint density at radius 3 is 2.59 bits per heavy atom. The quantitative estimate of drug-likeness (QED) is 0.318. The van der Waals surface area contributed by atoms with Crippen molar-refractivity contribution in [2.45, 2.75) is 44.4 Å². The largest absolute Gasteiger partial charge is 0.396 e. The van der Waals surface area contributed by atoms with E-state index in [1.807, 2.05) is 18.2 Å². The van der Waals surface area contributed by atoms with Crippen LogP contribution < -0.4 is 5.32 Å². The van der Waals surface area contributed by atoms with Crippen LogP contribution in [0.15, 0.2) is 18.2 Å². The van der Waals surface area contributed by atoms with Gasteiger partial charge in [0.2, 0.25) is 17.6 Å². The van der Waals surface area contributed by atoms with Crippen molar-refractivity contribution >= 4 is 23.9 Å². The molecule has 1 aromatic rings. The van der Waals surface area contributed by atoms with Crippen molar-refractivity contribution in [1.82, 2.24) is 20.0 Å². The number of benzene rings is 1. The molecule has 2 saturated heterocycles. The second-order valence-corrected chi connectivity index (χ2v) is 8.79. The number of aliphatic hydroxyl groups excluding tert-OH is 1. The van der Waals surface area contributed by atoms with Crippen LogP contribution in [0.2, 0.25) is 0 Å². The monoisotopic (exact) mass is 442 g/mol. The second kappa shape index (κ2) is 9.99. The van der Waals surface area contributed by atoms with Crippen molar-refractivity contribution in [1.29, 1.82) is 0 Å². The molecule has 2 unspecified atom stereocenters. The van der Waals surface area contributed by atoms with Crippen LogP contribution in [0.4, 0.5) is 0 Å². The number of hydrogen-bond acceptors (Lipinski definition) is 8. The Hall–Kier alpha value is -2.46. The molecule has 0 bridgehead atoms. The highest BCUT2D eigenvalue weighted by Gasteiger charge is 2.43. The van der Waals surface area contributed by atoms with Gasteiger partial charge in [0.1, 0.15) is 6.04 Å². The molecule has 2 atom stereocenters. The van der Waals surface area contributed by atoms with Gasteiger partial charge in [-0.25, -0.2) is 0 Å². The number of fused-ring (bicyclic) bond motifs is 1. The van der Waals surface area contributed by atoms with Crippen molar-refractivity contribution in [3.63, 3.8) is 0 Å². The molecule has 3 heterocycles. The van der Waals surface area contributed by atoms with Crippen molar-refractivity contribution in [3.8, 4) is 0 Å². The van der Waals surface area contributed by atoms with E-state index in [4.69, 9.17) is 5.11 Å². The number of rotatable bonds is 8. The average Bonchev–Trinajstić information content (AvgIpc) is 3.16. The van der Waals surface area contributed by atoms with E-state index < -0.39 is 23.8 Å². The maximum Gasteiger partial charge on any atom is 0.243 e. The summed E-state index contributed by atoms with van der Waals surface area (Å²) in [5.41, 5.74) is 2.79. The van der Waals surface area contributed by atoms with E-state index >= 15 is 0 Å². The normalized spacial score (nSPS) is 24.9. The molecule has 3 aliphatic rings. The second-order valence-electron chi connectivity index (χ2n) is 8.79. The van der Waals surface area contributed by atoms with E-state index in [9.17, 15) is 19.2 Å². The van der Waals surface area contributed by atoms with E-state index in [0.717, 1.165) is 62.4 Å². The molecule has 2 N–H and O–H groups in total. The number of imide groups is 1. The Kier molecular flexibility index (Phi) is 7.10. The molecule has 3 aliphatic heterocycles. The summed E-state index contributed by atoms with van der Waals surface area (Å²) in [6.07, 6.45) is 1.69. The highest BCUT2D eigenvalue weighted by Crippen LogP contribution is 2.38. The number of carbonyl (C=O) groups is 4. The lowest BCUT2D eigenvalue weighted by molar-refractivity contribution is -0.141. The summed E-state index contributed by atoms with van der Waals surface area (Å²) >= 11 is 0. The number of carbonyl (C=O) groups excluding carboxylic acids is 4. The molecule has 0 saturated carbocycles. The lowest BCUT2D eigenvalue weighted by atomic mass is 9.97. The van der Waals surface area contributed by atoms with Gasteiger partial charge in [0, 0.05) is 58.8 Å². The molecule has 2 fully saturated rings. The molecule has 9 nitrogen and oxygen atoms in total. The zero-order chi connectivity index (χ0) is 22.7. The minimum Gasteiger partial charge on any atom is -0.396 e. The maximum atomic E-state index is 12.6. The molecule has 0 aromatic heterocycles. The predicted molar refractivity (Wildman–Crippen MR) is 115 cm³/mol. The predicted octanol–water partition coefficient (Wildman–Crippen LogP) is -0.383. The number of nitrogens with zero attached hydrogens (tertiary/aromatic N) is 3. The number of piperazine rings is 1. The van der Waals surface area contributed by atoms with Crippen molar-refractivity contribution in [2.24, 2.45) is 0 Å². The fourth-order valence-electron chi connectivity index (χ4n) is 5.00. The zero-order valence-corrected chi connectivity index (χ0v) is 18.2. The summed E-state index contributed by atoms with van der Waals surface area (Å²) in [6, 6.07) is 4.63. The zero-order valence-electron chi connectivity index (χ0n) is 18.2. The molecule has 1 aromatic carbocycles. The molecule has 2 amide bonds. The standard InChI is InChI=1S/C23H30N4O5/c28-11-1-6-25-7-9-26(10-8-25)13-16-2-3-17-14-27(19-4-5-21(31)24-23(19)32)22(18(17)12-16)20(30)15-29/h2-3,12,15,19,22,28H,1,4-11,13-14H2,(H,24,31,32). The first kappa shape index (κ1) is 22.7. The van der Waals surface area contributed by atoms with Crippen LogP contribution in [0.1, 0.15) is 42.0 Å². The van der Waals surface area contributed by atoms with Gasteiger partial charge in [0.05, 0.1) is 6.04 Å². The first-order valence-electron chi connectivity index (χ1n) is 11.3. The first-order chi connectivity index (χ1) is 15.5. The number of aliphatic hydroxyl groups is 1. The van der Waals surface area contributed by atoms with E-state index in [2.05, 4.69) is 15.1 Å². The molecule has 4 rings (SSSR count). The van der Waals surface area contributed by atoms with Gasteiger partial charge in [-0.15, -0.1) is 0 Å². The summed E-state index contributed by atoms with van der Waals surface area (Å²) in [5.74, 6) is -1.28. The molecule has 9 heteroatoms. The fraction of sp³-hybridized carbons (Fsp3) is 0.565. The Bertz CT molecular complexity index is 896. The van der Waals surface area contributed by atoms with Crippen molar-refractivity contribution in [3.05, 3.63) is 34.9 Å². The number of Topliss-reactive ketones (excluding diaryl/α,β-unsaturated/α-hetero) is 1. The highest BCUT2D eigenvalue weighted by molar-refractivity contribution is 6.27. The van der Waals surface area contributed by atoms with E-state index in [1.165, 1.54) is 0 Å². The van der Waals surface area contributed by atoms with Gasteiger partial charge in [-0.3, -0.25) is 34.3 Å². The third-order valence-corrected chi connectivity index (χ3v) is 6.69. The third kappa shape index (κ3) is 4.80. The Morgan fingerprint density at radius 2 is 1.91 bits per heavy atom. The molecule has 0 aliphatic carbocycles. The number of piperidine rings is 1. The van der Waals surface area contributed by atoms with Gasteiger partial charge in [-0.1, -0.05) is 18.2 Å². The van der Waals surface area contributed by atoms with Crippen LogP contribution in [-0.4, -0.2) is 89.1 Å². The Labute approximate surface area is 187 Å². The van der Waals surface area contributed by atoms with E-state index in [0.29, 0.717) is 19.3 Å². The van der Waals surface area contributed by atoms with Crippen LogP contribution in [0, 0.1) is 0 Å². The van der Waals surface area contributed by atoms with Gasteiger partial charge in [0.15, 0.2) is 6.29 Å². The van der Waals surface area contributed by atoms with Crippen LogP contribution in [0.5, 0.6) is 0 Å². The number of hydrogen-bond donors (Lipinski definition) is 2. The summed E-state index contributed by atoms with van der Waals surface area (Å²) in [5, 5.41) is 11.4. The molecule has 0 spiro atoms. The Balaban J connectivity index is 1.47. The first-order valence-corrected chi connectivity index (χ1v) is 11.3. The molecule has 172 valence electrons. The van der Waals surface area contributed by atoms with E-state index in [-0.39, 0.29) is 18.9 Å². The molecule has 0 radical (unpaired) electrons. The maximum absolute atomic E-state index is 12.6. The number of amides is 2. The van der Waals surface area contributed by atoms with Gasteiger partial charge >= 0.3 is 0 Å². The van der Waals surface area contributed by atoms with Gasteiger partial charge < -0.3 is 10.0 Å².